The van der Waals surface area contributed by atoms with E-state index in [4.69, 9.17) is 0 Å². The minimum absolute atomic E-state index is 0.0210. The lowest BCUT2D eigenvalue weighted by molar-refractivity contribution is -0.117. The number of benzene rings is 1. The molecule has 20 heavy (non-hydrogen) atoms. The molecule has 1 aromatic carbocycles. The van der Waals surface area contributed by atoms with Crippen LogP contribution in [0.5, 0.6) is 0 Å². The number of allylic oxidation sites excluding steroid dienone is 6. The van der Waals surface area contributed by atoms with Crippen molar-refractivity contribution in [1.82, 2.24) is 5.32 Å². The van der Waals surface area contributed by atoms with E-state index < -0.39 is 0 Å². The number of rotatable bonds is 3. The Kier molecular flexibility index (Phi) is 2.34. The molecule has 0 spiro atoms. The molecular weight excluding hydrogens is 246 g/mol. The number of nitrogens with one attached hydrogen (secondary N) is 1. The van der Waals surface area contributed by atoms with Gasteiger partial charge in [-0.1, -0.05) is 36.4 Å². The molecule has 1 N–H and O–H groups in total. The SMILES string of the molecule is Cc1ccccc1CNC(=O)C1=CC=C2C1=CC1=CC12. The van der Waals surface area contributed by atoms with Gasteiger partial charge in [-0.3, -0.25) is 4.79 Å². The summed E-state index contributed by atoms with van der Waals surface area (Å²) in [5.41, 5.74) is 6.96. The topological polar surface area (TPSA) is 29.1 Å². The summed E-state index contributed by atoms with van der Waals surface area (Å²) in [6.45, 7) is 2.65. The molecule has 1 amide bonds. The van der Waals surface area contributed by atoms with Crippen molar-refractivity contribution in [2.75, 3.05) is 0 Å². The van der Waals surface area contributed by atoms with Crippen molar-refractivity contribution < 1.29 is 4.79 Å². The minimum atomic E-state index is 0.0210. The van der Waals surface area contributed by atoms with Crippen molar-refractivity contribution in [3.05, 3.63) is 82.0 Å². The molecule has 0 heterocycles. The maximum Gasteiger partial charge on any atom is 0.252 e. The molecule has 1 atom stereocenters. The second kappa shape index (κ2) is 4.07. The number of aryl methyl sites for hydroxylation is 1. The average molecular weight is 261 g/mol. The lowest BCUT2D eigenvalue weighted by Crippen LogP contribution is -2.25. The predicted octanol–water partition coefficient (Wildman–Crippen LogP) is 2.97. The molecule has 0 aliphatic heterocycles. The molecule has 2 nitrogen and oxygen atoms in total. The van der Waals surface area contributed by atoms with E-state index in [1.807, 2.05) is 18.2 Å². The summed E-state index contributed by atoms with van der Waals surface area (Å²) in [5, 5.41) is 3.02. The number of hydrogen-bond acceptors (Lipinski definition) is 1. The van der Waals surface area contributed by atoms with Gasteiger partial charge in [0.25, 0.3) is 5.91 Å². The van der Waals surface area contributed by atoms with Crippen LogP contribution in [0.1, 0.15) is 11.1 Å². The van der Waals surface area contributed by atoms with Crippen LogP contribution >= 0.6 is 0 Å². The first kappa shape index (κ1) is 11.5. The van der Waals surface area contributed by atoms with Gasteiger partial charge in [0, 0.05) is 18.0 Å². The fourth-order valence-electron chi connectivity index (χ4n) is 2.94. The fraction of sp³-hybridized carbons (Fsp3) is 0.167. The molecule has 1 aromatic rings. The van der Waals surface area contributed by atoms with Crippen LogP contribution < -0.4 is 5.32 Å². The van der Waals surface area contributed by atoms with E-state index in [1.54, 1.807) is 0 Å². The molecule has 0 fully saturated rings. The van der Waals surface area contributed by atoms with Crippen LogP contribution in [-0.4, -0.2) is 5.91 Å². The molecule has 0 saturated carbocycles. The Morgan fingerprint density at radius 3 is 2.95 bits per heavy atom. The molecule has 0 aromatic heterocycles. The van der Waals surface area contributed by atoms with Gasteiger partial charge in [0.05, 0.1) is 0 Å². The van der Waals surface area contributed by atoms with Crippen LogP contribution in [0, 0.1) is 12.8 Å². The van der Waals surface area contributed by atoms with Crippen LogP contribution in [0.15, 0.2) is 70.9 Å². The van der Waals surface area contributed by atoms with Crippen molar-refractivity contribution in [1.29, 1.82) is 0 Å². The lowest BCUT2D eigenvalue weighted by atomic mass is 10.0. The van der Waals surface area contributed by atoms with Crippen LogP contribution in [0.4, 0.5) is 0 Å². The number of carbonyl (C=O) groups is 1. The summed E-state index contributed by atoms with van der Waals surface area (Å²) in [6, 6.07) is 8.13. The normalized spacial score (nSPS) is 21.4. The number of fused-ring (bicyclic) bond motifs is 3. The Balaban J connectivity index is 1.46. The molecule has 98 valence electrons. The maximum atomic E-state index is 12.3. The highest BCUT2D eigenvalue weighted by atomic mass is 16.1. The second-order valence-electron chi connectivity index (χ2n) is 5.51. The van der Waals surface area contributed by atoms with Gasteiger partial charge >= 0.3 is 0 Å². The molecule has 0 bridgehead atoms. The largest absolute Gasteiger partial charge is 0.348 e. The Bertz CT molecular complexity index is 746. The molecular formula is C18H15NO. The van der Waals surface area contributed by atoms with E-state index in [1.165, 1.54) is 22.3 Å². The van der Waals surface area contributed by atoms with Gasteiger partial charge in [0.1, 0.15) is 0 Å². The number of hydrogen-bond donors (Lipinski definition) is 1. The van der Waals surface area contributed by atoms with Gasteiger partial charge < -0.3 is 5.32 Å². The van der Waals surface area contributed by atoms with Gasteiger partial charge in [0.2, 0.25) is 0 Å². The van der Waals surface area contributed by atoms with Crippen molar-refractivity contribution in [2.24, 2.45) is 5.92 Å². The highest BCUT2D eigenvalue weighted by molar-refractivity contribution is 6.02. The van der Waals surface area contributed by atoms with Gasteiger partial charge in [-0.05, 0) is 46.9 Å². The van der Waals surface area contributed by atoms with E-state index in [0.29, 0.717) is 12.5 Å². The average Bonchev–Trinajstić information content (AvgIpc) is 2.93. The zero-order chi connectivity index (χ0) is 13.7. The molecule has 4 rings (SSSR count). The van der Waals surface area contributed by atoms with E-state index in [0.717, 1.165) is 11.1 Å². The molecule has 0 radical (unpaired) electrons. The summed E-state index contributed by atoms with van der Waals surface area (Å²) < 4.78 is 0. The highest BCUT2D eigenvalue weighted by Gasteiger charge is 2.39. The van der Waals surface area contributed by atoms with Crippen LogP contribution in [0.25, 0.3) is 0 Å². The molecule has 2 heteroatoms. The third-order valence-corrected chi connectivity index (χ3v) is 4.23. The van der Waals surface area contributed by atoms with Crippen molar-refractivity contribution in [3.8, 4) is 0 Å². The van der Waals surface area contributed by atoms with Gasteiger partial charge in [-0.15, -0.1) is 0 Å². The van der Waals surface area contributed by atoms with Crippen LogP contribution in [0.2, 0.25) is 0 Å². The molecule has 3 aliphatic carbocycles. The van der Waals surface area contributed by atoms with E-state index in [2.05, 4.69) is 42.6 Å². The van der Waals surface area contributed by atoms with Gasteiger partial charge in [0.15, 0.2) is 0 Å². The third kappa shape index (κ3) is 1.68. The Morgan fingerprint density at radius 2 is 2.10 bits per heavy atom. The van der Waals surface area contributed by atoms with Crippen molar-refractivity contribution >= 4 is 5.91 Å². The molecule has 0 saturated heterocycles. The zero-order valence-electron chi connectivity index (χ0n) is 11.3. The smallest absolute Gasteiger partial charge is 0.252 e. The standard InChI is InChI=1S/C18H15NO/c1-11-4-2-3-5-12(11)10-19-18(20)15-7-6-14-16-8-13(16)9-17(14)15/h2-9,16H,10H2,1H3,(H,19,20). The Labute approximate surface area is 118 Å². The quantitative estimate of drug-likeness (QED) is 0.890. The van der Waals surface area contributed by atoms with E-state index >= 15 is 0 Å². The summed E-state index contributed by atoms with van der Waals surface area (Å²) in [5.74, 6) is 0.524. The summed E-state index contributed by atoms with van der Waals surface area (Å²) in [7, 11) is 0. The first-order valence-electron chi connectivity index (χ1n) is 6.93. The van der Waals surface area contributed by atoms with Crippen LogP contribution in [0.3, 0.4) is 0 Å². The van der Waals surface area contributed by atoms with E-state index in [-0.39, 0.29) is 5.91 Å². The second-order valence-corrected chi connectivity index (χ2v) is 5.51. The Morgan fingerprint density at radius 1 is 1.25 bits per heavy atom. The summed E-state index contributed by atoms with van der Waals surface area (Å²) >= 11 is 0. The van der Waals surface area contributed by atoms with E-state index in [9.17, 15) is 4.79 Å². The van der Waals surface area contributed by atoms with Gasteiger partial charge in [-0.2, -0.15) is 0 Å². The summed E-state index contributed by atoms with van der Waals surface area (Å²) in [6.07, 6.45) is 8.40. The number of amides is 1. The Hall–Kier alpha value is -2.35. The highest BCUT2D eigenvalue weighted by Crippen LogP contribution is 2.51. The molecule has 1 unspecified atom stereocenters. The van der Waals surface area contributed by atoms with Crippen molar-refractivity contribution in [3.63, 3.8) is 0 Å². The minimum Gasteiger partial charge on any atom is -0.348 e. The third-order valence-electron chi connectivity index (χ3n) is 4.23. The lowest BCUT2D eigenvalue weighted by Gasteiger charge is -2.10. The predicted molar refractivity (Wildman–Crippen MR) is 78.8 cm³/mol. The zero-order valence-corrected chi connectivity index (χ0v) is 11.3. The maximum absolute atomic E-state index is 12.3. The van der Waals surface area contributed by atoms with Gasteiger partial charge in [-0.25, -0.2) is 0 Å². The monoisotopic (exact) mass is 261 g/mol. The first-order valence-corrected chi connectivity index (χ1v) is 6.93. The number of carbonyl (C=O) groups excluding carboxylic acids is 1. The molecule has 3 aliphatic rings. The fourth-order valence-corrected chi connectivity index (χ4v) is 2.94. The van der Waals surface area contributed by atoms with Crippen molar-refractivity contribution in [2.45, 2.75) is 13.5 Å². The summed E-state index contributed by atoms with van der Waals surface area (Å²) in [4.78, 5) is 12.3. The first-order chi connectivity index (χ1) is 9.74. The van der Waals surface area contributed by atoms with Crippen LogP contribution in [-0.2, 0) is 11.3 Å².